The molecule has 2 rings (SSSR count). The molecule has 1 heterocycles. The summed E-state index contributed by atoms with van der Waals surface area (Å²) in [6.07, 6.45) is 0. The van der Waals surface area contributed by atoms with Crippen LogP contribution in [0.15, 0.2) is 18.2 Å². The van der Waals surface area contributed by atoms with Crippen molar-refractivity contribution in [1.82, 2.24) is 0 Å². The zero-order chi connectivity index (χ0) is 11.0. The second-order valence-electron chi connectivity index (χ2n) is 3.18. The first kappa shape index (κ1) is 9.98. The molecule has 1 aromatic rings. The largest absolute Gasteiger partial charge is 0.468 e. The van der Waals surface area contributed by atoms with Crippen molar-refractivity contribution in [1.29, 1.82) is 0 Å². The van der Waals surface area contributed by atoms with Crippen LogP contribution in [0.5, 0.6) is 0 Å². The van der Waals surface area contributed by atoms with E-state index in [4.69, 9.17) is 11.6 Å². The second kappa shape index (κ2) is 3.55. The molecule has 1 amide bonds. The van der Waals surface area contributed by atoms with E-state index in [0.29, 0.717) is 16.3 Å². The molecule has 78 valence electrons. The quantitative estimate of drug-likeness (QED) is 0.583. The number of amides is 1. The summed E-state index contributed by atoms with van der Waals surface area (Å²) < 4.78 is 4.56. The molecular weight excluding hydrogens is 218 g/mol. The molecule has 1 atom stereocenters. The van der Waals surface area contributed by atoms with Crippen LogP contribution >= 0.6 is 11.6 Å². The Kier molecular flexibility index (Phi) is 2.36. The normalized spacial score (nSPS) is 18.3. The Bertz CT molecular complexity index is 444. The fourth-order valence-corrected chi connectivity index (χ4v) is 1.76. The summed E-state index contributed by atoms with van der Waals surface area (Å²) >= 11 is 5.76. The average molecular weight is 226 g/mol. The van der Waals surface area contributed by atoms with Crippen LogP contribution < -0.4 is 5.32 Å². The van der Waals surface area contributed by atoms with Gasteiger partial charge in [0.05, 0.1) is 7.11 Å². The lowest BCUT2D eigenvalue weighted by atomic mass is 10.0. The third-order valence-corrected chi connectivity index (χ3v) is 2.52. The van der Waals surface area contributed by atoms with Gasteiger partial charge in [-0.1, -0.05) is 17.7 Å². The molecular formula is C10H8ClNO3. The van der Waals surface area contributed by atoms with Crippen molar-refractivity contribution in [3.05, 3.63) is 28.8 Å². The molecule has 0 radical (unpaired) electrons. The van der Waals surface area contributed by atoms with Gasteiger partial charge >= 0.3 is 5.97 Å². The van der Waals surface area contributed by atoms with E-state index in [1.807, 2.05) is 0 Å². The van der Waals surface area contributed by atoms with Crippen molar-refractivity contribution in [2.24, 2.45) is 0 Å². The van der Waals surface area contributed by atoms with E-state index in [2.05, 4.69) is 10.1 Å². The van der Waals surface area contributed by atoms with Gasteiger partial charge in [0, 0.05) is 10.7 Å². The van der Waals surface area contributed by atoms with Crippen molar-refractivity contribution in [2.45, 2.75) is 5.92 Å². The first-order valence-electron chi connectivity index (χ1n) is 4.31. The molecule has 15 heavy (non-hydrogen) atoms. The second-order valence-corrected chi connectivity index (χ2v) is 3.61. The fourth-order valence-electron chi connectivity index (χ4n) is 1.59. The highest BCUT2D eigenvalue weighted by atomic mass is 35.5. The molecule has 1 aliphatic rings. The van der Waals surface area contributed by atoms with Gasteiger partial charge in [0.1, 0.15) is 0 Å². The van der Waals surface area contributed by atoms with Crippen molar-refractivity contribution in [3.8, 4) is 0 Å². The number of halogens is 1. The van der Waals surface area contributed by atoms with Crippen LogP contribution in [0.1, 0.15) is 11.5 Å². The van der Waals surface area contributed by atoms with Crippen molar-refractivity contribution < 1.29 is 14.3 Å². The van der Waals surface area contributed by atoms with Gasteiger partial charge < -0.3 is 10.1 Å². The van der Waals surface area contributed by atoms with Gasteiger partial charge in [-0.2, -0.15) is 0 Å². The number of carbonyl (C=O) groups is 2. The number of esters is 1. The number of hydrogen-bond acceptors (Lipinski definition) is 3. The summed E-state index contributed by atoms with van der Waals surface area (Å²) in [7, 11) is 1.25. The molecule has 0 saturated carbocycles. The van der Waals surface area contributed by atoms with Crippen LogP contribution in [0.2, 0.25) is 5.02 Å². The Balaban J connectivity index is 2.46. The molecule has 4 nitrogen and oxygen atoms in total. The van der Waals surface area contributed by atoms with Crippen LogP contribution in [0.25, 0.3) is 0 Å². The Morgan fingerprint density at radius 3 is 2.93 bits per heavy atom. The molecule has 5 heteroatoms. The highest BCUT2D eigenvalue weighted by Gasteiger charge is 2.37. The topological polar surface area (TPSA) is 55.4 Å². The van der Waals surface area contributed by atoms with Crippen molar-refractivity contribution in [2.75, 3.05) is 12.4 Å². The minimum atomic E-state index is -0.873. The van der Waals surface area contributed by atoms with Gasteiger partial charge in [-0.3, -0.25) is 9.59 Å². The van der Waals surface area contributed by atoms with Gasteiger partial charge in [0.15, 0.2) is 5.92 Å². The molecule has 0 saturated heterocycles. The number of nitrogens with one attached hydrogen (secondary N) is 1. The first-order valence-corrected chi connectivity index (χ1v) is 4.69. The lowest BCUT2D eigenvalue weighted by Crippen LogP contribution is -2.21. The number of methoxy groups -OCH3 is 1. The van der Waals surface area contributed by atoms with E-state index in [-0.39, 0.29) is 5.91 Å². The molecule has 0 fully saturated rings. The van der Waals surface area contributed by atoms with Crippen LogP contribution in [0, 0.1) is 0 Å². The summed E-state index contributed by atoms with van der Waals surface area (Å²) in [5, 5.41) is 3.09. The Morgan fingerprint density at radius 2 is 2.27 bits per heavy atom. The van der Waals surface area contributed by atoms with Crippen LogP contribution in [-0.4, -0.2) is 19.0 Å². The zero-order valence-electron chi connectivity index (χ0n) is 7.91. The van der Waals surface area contributed by atoms with Crippen LogP contribution in [0.3, 0.4) is 0 Å². The average Bonchev–Trinajstić information content (AvgIpc) is 2.52. The third kappa shape index (κ3) is 1.57. The van der Waals surface area contributed by atoms with Crippen LogP contribution in [-0.2, 0) is 14.3 Å². The predicted molar refractivity (Wildman–Crippen MR) is 54.8 cm³/mol. The number of carbonyl (C=O) groups excluding carboxylic acids is 2. The van der Waals surface area contributed by atoms with E-state index in [1.54, 1.807) is 18.2 Å². The summed E-state index contributed by atoms with van der Waals surface area (Å²) in [5.41, 5.74) is 1.18. The summed E-state index contributed by atoms with van der Waals surface area (Å²) in [4.78, 5) is 22.8. The summed E-state index contributed by atoms with van der Waals surface area (Å²) in [6.45, 7) is 0. The number of benzene rings is 1. The first-order chi connectivity index (χ1) is 7.13. The number of fused-ring (bicyclic) bond motifs is 1. The monoisotopic (exact) mass is 225 g/mol. The Hall–Kier alpha value is -1.55. The molecule has 0 bridgehead atoms. The number of rotatable bonds is 1. The number of hydrogen-bond donors (Lipinski definition) is 1. The van der Waals surface area contributed by atoms with E-state index in [9.17, 15) is 9.59 Å². The van der Waals surface area contributed by atoms with E-state index in [0.717, 1.165) is 0 Å². The Morgan fingerprint density at radius 1 is 1.53 bits per heavy atom. The maximum Gasteiger partial charge on any atom is 0.322 e. The molecule has 0 aromatic heterocycles. The molecule has 1 N–H and O–H groups in total. The minimum Gasteiger partial charge on any atom is -0.468 e. The van der Waals surface area contributed by atoms with Crippen LogP contribution in [0.4, 0.5) is 5.69 Å². The van der Waals surface area contributed by atoms with E-state index < -0.39 is 11.9 Å². The van der Waals surface area contributed by atoms with Gasteiger partial charge in [-0.25, -0.2) is 0 Å². The highest BCUT2D eigenvalue weighted by Crippen LogP contribution is 2.34. The standard InChI is InChI=1S/C10H8ClNO3/c1-15-10(14)8-6-3-2-5(11)4-7(6)12-9(8)13/h2-4,8H,1H3,(H,12,13)/t8-/m0/s1. The highest BCUT2D eigenvalue weighted by molar-refractivity contribution is 6.31. The maximum absolute atomic E-state index is 11.5. The lowest BCUT2D eigenvalue weighted by Gasteiger charge is -2.05. The number of ether oxygens (including phenoxy) is 1. The zero-order valence-corrected chi connectivity index (χ0v) is 8.67. The van der Waals surface area contributed by atoms with Gasteiger partial charge in [0.25, 0.3) is 0 Å². The summed E-state index contributed by atoms with van der Waals surface area (Å²) in [6, 6.07) is 4.89. The predicted octanol–water partition coefficient (Wildman–Crippen LogP) is 1.55. The van der Waals surface area contributed by atoms with E-state index >= 15 is 0 Å². The third-order valence-electron chi connectivity index (χ3n) is 2.28. The SMILES string of the molecule is COC(=O)[C@@H]1C(=O)Nc2cc(Cl)ccc21. The van der Waals surface area contributed by atoms with Gasteiger partial charge in [-0.05, 0) is 17.7 Å². The van der Waals surface area contributed by atoms with E-state index in [1.165, 1.54) is 7.11 Å². The minimum absolute atomic E-state index is 0.376. The molecule has 0 spiro atoms. The fraction of sp³-hybridized carbons (Fsp3) is 0.200. The molecule has 0 aliphatic carbocycles. The maximum atomic E-state index is 11.5. The molecule has 1 aliphatic heterocycles. The molecule has 1 aromatic carbocycles. The van der Waals surface area contributed by atoms with Gasteiger partial charge in [-0.15, -0.1) is 0 Å². The smallest absolute Gasteiger partial charge is 0.322 e. The van der Waals surface area contributed by atoms with Crippen molar-refractivity contribution >= 4 is 29.2 Å². The van der Waals surface area contributed by atoms with Gasteiger partial charge in [0.2, 0.25) is 5.91 Å². The lowest BCUT2D eigenvalue weighted by molar-refractivity contribution is -0.144. The summed E-state index contributed by atoms with van der Waals surface area (Å²) in [5.74, 6) is -1.81. The Labute approximate surface area is 91.2 Å². The number of anilines is 1. The van der Waals surface area contributed by atoms with Crippen molar-refractivity contribution in [3.63, 3.8) is 0 Å². The molecule has 0 unspecified atom stereocenters.